The summed E-state index contributed by atoms with van der Waals surface area (Å²) in [6, 6.07) is 4.87. The Kier molecular flexibility index (Phi) is 4.29. The minimum absolute atomic E-state index is 0.199. The molecule has 0 saturated carbocycles. The summed E-state index contributed by atoms with van der Waals surface area (Å²) in [5.41, 5.74) is 2.97. The largest absolute Gasteiger partial charge is 0.465 e. The number of rotatable bonds is 2. The molecule has 1 atom stereocenters. The van der Waals surface area contributed by atoms with Crippen LogP contribution in [-0.4, -0.2) is 50.1 Å². The van der Waals surface area contributed by atoms with Crippen molar-refractivity contribution in [1.29, 1.82) is 0 Å². The average molecular weight is 384 g/mol. The van der Waals surface area contributed by atoms with Gasteiger partial charge in [-0.1, -0.05) is 12.1 Å². The minimum Gasteiger partial charge on any atom is -0.465 e. The lowest BCUT2D eigenvalue weighted by Gasteiger charge is -2.24. The second-order valence-electron chi connectivity index (χ2n) is 7.09. The Labute approximate surface area is 159 Å². The summed E-state index contributed by atoms with van der Waals surface area (Å²) in [6.07, 6.45) is 2.04. The normalized spacial score (nSPS) is 20.2. The van der Waals surface area contributed by atoms with Crippen LogP contribution in [0, 0.1) is 0 Å². The van der Waals surface area contributed by atoms with E-state index in [0.29, 0.717) is 37.0 Å². The first-order valence-electron chi connectivity index (χ1n) is 9.08. The van der Waals surface area contributed by atoms with Crippen molar-refractivity contribution in [2.24, 2.45) is 7.05 Å². The third-order valence-corrected chi connectivity index (χ3v) is 5.46. The number of nitrogens with zero attached hydrogens (tertiary/aromatic N) is 3. The molecule has 0 aliphatic carbocycles. The Morgan fingerprint density at radius 2 is 1.96 bits per heavy atom. The highest BCUT2D eigenvalue weighted by Crippen LogP contribution is 2.28. The summed E-state index contributed by atoms with van der Waals surface area (Å²) < 4.78 is 2.94. The Morgan fingerprint density at radius 3 is 2.61 bits per heavy atom. The molecule has 0 bridgehead atoms. The maximum atomic E-state index is 12.8. The second-order valence-corrected chi connectivity index (χ2v) is 7.09. The molecule has 0 radical (unpaired) electrons. The molecule has 9 nitrogen and oxygen atoms in total. The van der Waals surface area contributed by atoms with Crippen LogP contribution >= 0.6 is 0 Å². The number of amides is 3. The molecule has 4 rings (SSSR count). The number of imidazole rings is 1. The van der Waals surface area contributed by atoms with Crippen molar-refractivity contribution in [3.8, 4) is 0 Å². The molecular weight excluding hydrogens is 364 g/mol. The number of imide groups is 1. The second kappa shape index (κ2) is 6.66. The number of carboxylic acid groups (broad SMARTS) is 1. The first kappa shape index (κ1) is 18.0. The highest BCUT2D eigenvalue weighted by atomic mass is 16.4. The topological polar surface area (TPSA) is 114 Å². The van der Waals surface area contributed by atoms with Crippen molar-refractivity contribution in [2.45, 2.75) is 25.3 Å². The monoisotopic (exact) mass is 384 g/mol. The van der Waals surface area contributed by atoms with E-state index in [2.05, 4.69) is 5.32 Å². The van der Waals surface area contributed by atoms with Gasteiger partial charge in [0, 0.05) is 26.6 Å². The standard InChI is InChI=1S/C19H20N4O5/c1-21-15-10-12(11-6-8-22(9-7-11)19(27)28)2-3-13(15)23(18(21)26)14-4-5-16(24)20-17(14)25/h2-3,6,10,14H,4-5,7-9H2,1H3,(H,27,28)(H,20,24,25). The molecule has 1 aromatic heterocycles. The maximum Gasteiger partial charge on any atom is 0.407 e. The van der Waals surface area contributed by atoms with Gasteiger partial charge in [-0.3, -0.25) is 24.0 Å². The van der Waals surface area contributed by atoms with E-state index in [4.69, 9.17) is 5.11 Å². The summed E-state index contributed by atoms with van der Waals surface area (Å²) in [7, 11) is 1.65. The van der Waals surface area contributed by atoms with Crippen LogP contribution in [0.15, 0.2) is 29.1 Å². The van der Waals surface area contributed by atoms with Gasteiger partial charge in [-0.05, 0) is 36.1 Å². The molecule has 9 heteroatoms. The number of aromatic nitrogens is 2. The number of hydrogen-bond donors (Lipinski definition) is 2. The summed E-state index contributed by atoms with van der Waals surface area (Å²) in [4.78, 5) is 48.9. The highest BCUT2D eigenvalue weighted by molar-refractivity contribution is 6.00. The SMILES string of the molecule is Cn1c(=O)n(C2CCC(=O)NC2=O)c2ccc(C3=CCN(C(=O)O)CC3)cc21. The molecule has 2 aromatic rings. The van der Waals surface area contributed by atoms with Gasteiger partial charge in [0.1, 0.15) is 6.04 Å². The Balaban J connectivity index is 1.73. The van der Waals surface area contributed by atoms with E-state index in [9.17, 15) is 19.2 Å². The summed E-state index contributed by atoms with van der Waals surface area (Å²) in [5.74, 6) is -0.782. The lowest BCUT2D eigenvalue weighted by Crippen LogP contribution is -2.44. The molecular formula is C19H20N4O5. The van der Waals surface area contributed by atoms with E-state index in [1.165, 1.54) is 14.0 Å². The maximum absolute atomic E-state index is 12.8. The van der Waals surface area contributed by atoms with Gasteiger partial charge in [0.25, 0.3) is 0 Å². The molecule has 3 amide bonds. The molecule has 28 heavy (non-hydrogen) atoms. The van der Waals surface area contributed by atoms with E-state index in [1.807, 2.05) is 18.2 Å². The van der Waals surface area contributed by atoms with Crippen molar-refractivity contribution in [3.63, 3.8) is 0 Å². The van der Waals surface area contributed by atoms with Crippen molar-refractivity contribution < 1.29 is 19.5 Å². The van der Waals surface area contributed by atoms with Crippen LogP contribution in [0.4, 0.5) is 4.79 Å². The molecule has 1 saturated heterocycles. The number of carbonyl (C=O) groups is 3. The van der Waals surface area contributed by atoms with Gasteiger partial charge in [-0.15, -0.1) is 0 Å². The molecule has 2 aliphatic heterocycles. The van der Waals surface area contributed by atoms with Crippen molar-refractivity contribution in [3.05, 3.63) is 40.3 Å². The number of hydrogen-bond acceptors (Lipinski definition) is 4. The van der Waals surface area contributed by atoms with E-state index < -0.39 is 18.0 Å². The Hall–Kier alpha value is -3.36. The first-order valence-corrected chi connectivity index (χ1v) is 9.08. The number of carbonyl (C=O) groups excluding carboxylic acids is 2. The molecule has 2 N–H and O–H groups in total. The van der Waals surface area contributed by atoms with Gasteiger partial charge in [-0.2, -0.15) is 0 Å². The van der Waals surface area contributed by atoms with Crippen LogP contribution in [-0.2, 0) is 16.6 Å². The van der Waals surface area contributed by atoms with Crippen LogP contribution in [0.25, 0.3) is 16.6 Å². The number of nitrogens with one attached hydrogen (secondary N) is 1. The number of piperidine rings is 1. The van der Waals surface area contributed by atoms with Crippen molar-refractivity contribution >= 4 is 34.5 Å². The van der Waals surface area contributed by atoms with Gasteiger partial charge >= 0.3 is 11.8 Å². The van der Waals surface area contributed by atoms with Crippen LogP contribution in [0.3, 0.4) is 0 Å². The van der Waals surface area contributed by atoms with Gasteiger partial charge in [0.15, 0.2) is 0 Å². The molecule has 1 fully saturated rings. The van der Waals surface area contributed by atoms with Gasteiger partial charge in [-0.25, -0.2) is 9.59 Å². The fourth-order valence-corrected chi connectivity index (χ4v) is 3.90. The minimum atomic E-state index is -0.936. The quantitative estimate of drug-likeness (QED) is 0.753. The molecule has 1 unspecified atom stereocenters. The van der Waals surface area contributed by atoms with E-state index >= 15 is 0 Å². The zero-order valence-corrected chi connectivity index (χ0v) is 15.3. The fraction of sp³-hybridized carbons (Fsp3) is 0.368. The average Bonchev–Trinajstić information content (AvgIpc) is 2.92. The predicted octanol–water partition coefficient (Wildman–Crippen LogP) is 1.08. The fourth-order valence-electron chi connectivity index (χ4n) is 3.90. The summed E-state index contributed by atoms with van der Waals surface area (Å²) in [6.45, 7) is 0.758. The van der Waals surface area contributed by atoms with E-state index in [0.717, 1.165) is 11.1 Å². The summed E-state index contributed by atoms with van der Waals surface area (Å²) in [5, 5.41) is 11.4. The zero-order valence-electron chi connectivity index (χ0n) is 15.3. The molecule has 2 aliphatic rings. The third-order valence-electron chi connectivity index (χ3n) is 5.46. The lowest BCUT2D eigenvalue weighted by molar-refractivity contribution is -0.135. The number of benzene rings is 1. The molecule has 0 spiro atoms. The Bertz CT molecular complexity index is 1090. The van der Waals surface area contributed by atoms with Crippen molar-refractivity contribution in [2.75, 3.05) is 13.1 Å². The Morgan fingerprint density at radius 1 is 1.18 bits per heavy atom. The third kappa shape index (κ3) is 2.88. The van der Waals surface area contributed by atoms with Crippen LogP contribution in [0.2, 0.25) is 0 Å². The molecule has 3 heterocycles. The van der Waals surface area contributed by atoms with E-state index in [1.54, 1.807) is 13.1 Å². The smallest absolute Gasteiger partial charge is 0.407 e. The van der Waals surface area contributed by atoms with Crippen molar-refractivity contribution in [1.82, 2.24) is 19.4 Å². The number of fused-ring (bicyclic) bond motifs is 1. The predicted molar refractivity (Wildman–Crippen MR) is 101 cm³/mol. The van der Waals surface area contributed by atoms with Crippen LogP contribution in [0.1, 0.15) is 30.9 Å². The van der Waals surface area contributed by atoms with Gasteiger partial charge in [0.2, 0.25) is 11.8 Å². The van der Waals surface area contributed by atoms with Crippen LogP contribution in [0.5, 0.6) is 0 Å². The van der Waals surface area contributed by atoms with Gasteiger partial charge in [0.05, 0.1) is 11.0 Å². The lowest BCUT2D eigenvalue weighted by atomic mass is 9.99. The summed E-state index contributed by atoms with van der Waals surface area (Å²) >= 11 is 0. The van der Waals surface area contributed by atoms with Crippen LogP contribution < -0.4 is 11.0 Å². The number of aryl methyl sites for hydroxylation is 1. The molecule has 1 aromatic carbocycles. The molecule has 146 valence electrons. The zero-order chi connectivity index (χ0) is 20.0. The highest BCUT2D eigenvalue weighted by Gasteiger charge is 2.31. The van der Waals surface area contributed by atoms with E-state index in [-0.39, 0.29) is 18.0 Å². The first-order chi connectivity index (χ1) is 13.4. The van der Waals surface area contributed by atoms with Gasteiger partial charge < -0.3 is 10.0 Å².